The molecule has 11 heteroatoms. The van der Waals surface area contributed by atoms with E-state index in [0.717, 1.165) is 69.0 Å². The number of ether oxygens (including phenoxy) is 1. The summed E-state index contributed by atoms with van der Waals surface area (Å²) < 4.78 is 5.34. The topological polar surface area (TPSA) is 131 Å². The highest BCUT2D eigenvalue weighted by Crippen LogP contribution is 2.27. The Hall–Kier alpha value is -4.11. The zero-order valence-electron chi connectivity index (χ0n) is 24.5. The molecule has 1 amide bonds. The molecule has 2 atom stereocenters. The molecule has 2 aromatic carbocycles. The van der Waals surface area contributed by atoms with Crippen LogP contribution in [0.25, 0.3) is 11.4 Å². The summed E-state index contributed by atoms with van der Waals surface area (Å²) in [5.74, 6) is 0.922. The maximum absolute atomic E-state index is 12.3. The first kappa shape index (κ1) is 29.0. The van der Waals surface area contributed by atoms with Gasteiger partial charge in [0.2, 0.25) is 5.95 Å². The number of amides is 1. The van der Waals surface area contributed by atoms with Gasteiger partial charge in [0.05, 0.1) is 30.9 Å². The average molecular weight is 583 g/mol. The van der Waals surface area contributed by atoms with Gasteiger partial charge >= 0.3 is 0 Å². The number of benzene rings is 2. The largest absolute Gasteiger partial charge is 0.384 e. The second-order valence-electron chi connectivity index (χ2n) is 11.7. The Morgan fingerprint density at radius 3 is 2.60 bits per heavy atom. The van der Waals surface area contributed by atoms with Crippen LogP contribution >= 0.6 is 0 Å². The van der Waals surface area contributed by atoms with E-state index in [1.54, 1.807) is 4.90 Å². The summed E-state index contributed by atoms with van der Waals surface area (Å²) in [5.41, 5.74) is 4.33. The third-order valence-electron chi connectivity index (χ3n) is 8.70. The summed E-state index contributed by atoms with van der Waals surface area (Å²) >= 11 is 0. The molecule has 11 nitrogen and oxygen atoms in total. The van der Waals surface area contributed by atoms with E-state index in [9.17, 15) is 15.2 Å². The van der Waals surface area contributed by atoms with Crippen LogP contribution in [0.5, 0.6) is 0 Å². The molecule has 0 radical (unpaired) electrons. The standard InChI is InChI=1S/C32H38N8O3/c1-22(41)31(42)40-10-2-3-23(18-40)15-24-4-5-25(16-26(24)17-33)30-34-21-35-32(37-30)36-27-6-8-28(9-7-27)38-11-13-39(14-12-38)29-19-43-20-29/h4-9,16,21-23,29,41H,2-3,10-15,18-20H2,1H3,(H,34,35,36,37)/t22-,23-/m0/s1. The molecule has 3 saturated heterocycles. The van der Waals surface area contributed by atoms with E-state index in [-0.39, 0.29) is 11.8 Å². The number of anilines is 3. The Morgan fingerprint density at radius 2 is 1.91 bits per heavy atom. The van der Waals surface area contributed by atoms with Crippen molar-refractivity contribution in [1.29, 1.82) is 5.26 Å². The van der Waals surface area contributed by atoms with Gasteiger partial charge in [0.15, 0.2) is 5.82 Å². The van der Waals surface area contributed by atoms with Crippen LogP contribution in [-0.2, 0) is 16.0 Å². The zero-order valence-corrected chi connectivity index (χ0v) is 24.5. The van der Waals surface area contributed by atoms with E-state index in [1.807, 2.05) is 30.3 Å². The summed E-state index contributed by atoms with van der Waals surface area (Å²) in [6, 6.07) is 16.9. The van der Waals surface area contributed by atoms with Crippen LogP contribution in [0.1, 0.15) is 30.9 Å². The van der Waals surface area contributed by atoms with Gasteiger partial charge in [-0.1, -0.05) is 12.1 Å². The van der Waals surface area contributed by atoms with Gasteiger partial charge in [-0.25, -0.2) is 9.97 Å². The highest BCUT2D eigenvalue weighted by Gasteiger charge is 2.29. The molecule has 0 spiro atoms. The fourth-order valence-corrected chi connectivity index (χ4v) is 6.16. The number of nitriles is 1. The van der Waals surface area contributed by atoms with Crippen molar-refractivity contribution in [3.8, 4) is 17.5 Å². The Labute approximate surface area is 252 Å². The molecular weight excluding hydrogens is 544 g/mol. The van der Waals surface area contributed by atoms with Gasteiger partial charge in [-0.3, -0.25) is 9.69 Å². The van der Waals surface area contributed by atoms with Gasteiger partial charge < -0.3 is 25.0 Å². The van der Waals surface area contributed by atoms with Crippen LogP contribution in [0.2, 0.25) is 0 Å². The van der Waals surface area contributed by atoms with Gasteiger partial charge in [0, 0.05) is 56.2 Å². The van der Waals surface area contributed by atoms with Crippen molar-refractivity contribution in [2.45, 2.75) is 38.3 Å². The molecule has 3 aliphatic heterocycles. The molecule has 0 saturated carbocycles. The van der Waals surface area contributed by atoms with E-state index in [1.165, 1.54) is 18.9 Å². The SMILES string of the molecule is C[C@H](O)C(=O)N1CCC[C@@H](Cc2ccc(-c3ncnc(Nc4ccc(N5CCN(C6COC6)CC5)cc4)n3)cc2C#N)C1. The number of carbonyl (C=O) groups is 1. The summed E-state index contributed by atoms with van der Waals surface area (Å²) in [6.45, 7) is 8.61. The van der Waals surface area contributed by atoms with E-state index in [0.29, 0.717) is 42.9 Å². The minimum absolute atomic E-state index is 0.232. The second kappa shape index (κ2) is 13.0. The predicted octanol–water partition coefficient (Wildman–Crippen LogP) is 2.84. The summed E-state index contributed by atoms with van der Waals surface area (Å²) in [6.07, 6.45) is 3.04. The number of hydrogen-bond acceptors (Lipinski definition) is 10. The summed E-state index contributed by atoms with van der Waals surface area (Å²) in [7, 11) is 0. The third-order valence-corrected chi connectivity index (χ3v) is 8.70. The van der Waals surface area contributed by atoms with E-state index < -0.39 is 6.10 Å². The van der Waals surface area contributed by atoms with Crippen molar-refractivity contribution in [2.24, 2.45) is 5.92 Å². The van der Waals surface area contributed by atoms with Crippen molar-refractivity contribution in [2.75, 3.05) is 62.7 Å². The number of aromatic nitrogens is 3. The molecule has 224 valence electrons. The Morgan fingerprint density at radius 1 is 1.12 bits per heavy atom. The van der Waals surface area contributed by atoms with Crippen molar-refractivity contribution in [1.82, 2.24) is 24.8 Å². The van der Waals surface area contributed by atoms with Gasteiger partial charge in [0.25, 0.3) is 5.91 Å². The third kappa shape index (κ3) is 6.77. The lowest BCUT2D eigenvalue weighted by atomic mass is 9.89. The van der Waals surface area contributed by atoms with Gasteiger partial charge in [0.1, 0.15) is 12.4 Å². The number of nitrogens with zero attached hydrogens (tertiary/aromatic N) is 7. The lowest BCUT2D eigenvalue weighted by Gasteiger charge is -2.43. The van der Waals surface area contributed by atoms with Crippen molar-refractivity contribution in [3.63, 3.8) is 0 Å². The lowest BCUT2D eigenvalue weighted by molar-refractivity contribution is -0.141. The highest BCUT2D eigenvalue weighted by molar-refractivity contribution is 5.80. The molecule has 3 aromatic rings. The minimum atomic E-state index is -0.995. The van der Waals surface area contributed by atoms with Crippen LogP contribution in [0.4, 0.5) is 17.3 Å². The van der Waals surface area contributed by atoms with Crippen LogP contribution < -0.4 is 10.2 Å². The molecule has 6 rings (SSSR count). The second-order valence-corrected chi connectivity index (χ2v) is 11.7. The number of hydrogen-bond donors (Lipinski definition) is 2. The molecular formula is C32H38N8O3. The highest BCUT2D eigenvalue weighted by atomic mass is 16.5. The Kier molecular flexibility index (Phi) is 8.79. The molecule has 0 unspecified atom stereocenters. The first-order valence-electron chi connectivity index (χ1n) is 15.1. The first-order chi connectivity index (χ1) is 21.0. The number of aliphatic hydroxyl groups is 1. The maximum Gasteiger partial charge on any atom is 0.251 e. The van der Waals surface area contributed by atoms with Crippen LogP contribution in [0.15, 0.2) is 48.8 Å². The number of aliphatic hydroxyl groups excluding tert-OH is 1. The lowest BCUT2D eigenvalue weighted by Crippen LogP contribution is -2.56. The van der Waals surface area contributed by atoms with Crippen LogP contribution in [-0.4, -0.2) is 100 Å². The number of nitrogens with one attached hydrogen (secondary N) is 1. The van der Waals surface area contributed by atoms with Gasteiger partial charge in [-0.05, 0) is 68.0 Å². The molecule has 0 aliphatic carbocycles. The van der Waals surface area contributed by atoms with E-state index in [2.05, 4.69) is 48.3 Å². The Bertz CT molecular complexity index is 1460. The first-order valence-corrected chi connectivity index (χ1v) is 15.1. The van der Waals surface area contributed by atoms with E-state index in [4.69, 9.17) is 4.74 Å². The van der Waals surface area contributed by atoms with Crippen molar-refractivity contribution < 1.29 is 14.6 Å². The van der Waals surface area contributed by atoms with Gasteiger partial charge in [-0.15, -0.1) is 0 Å². The number of piperazine rings is 1. The molecule has 43 heavy (non-hydrogen) atoms. The van der Waals surface area contributed by atoms with Crippen LogP contribution in [0.3, 0.4) is 0 Å². The predicted molar refractivity (Wildman–Crippen MR) is 163 cm³/mol. The van der Waals surface area contributed by atoms with Crippen molar-refractivity contribution >= 4 is 23.2 Å². The number of carbonyl (C=O) groups excluding carboxylic acids is 1. The maximum atomic E-state index is 12.3. The Balaban J connectivity index is 1.08. The monoisotopic (exact) mass is 582 g/mol. The van der Waals surface area contributed by atoms with Crippen molar-refractivity contribution in [3.05, 3.63) is 59.9 Å². The quantitative estimate of drug-likeness (QED) is 0.409. The summed E-state index contributed by atoms with van der Waals surface area (Å²) in [4.78, 5) is 32.2. The van der Waals surface area contributed by atoms with Crippen LogP contribution in [0, 0.1) is 17.2 Å². The normalized spacial score (nSPS) is 20.3. The minimum Gasteiger partial charge on any atom is -0.384 e. The average Bonchev–Trinajstić information content (AvgIpc) is 3.01. The number of rotatable bonds is 8. The molecule has 1 aromatic heterocycles. The van der Waals surface area contributed by atoms with Gasteiger partial charge in [-0.2, -0.15) is 10.2 Å². The fourth-order valence-electron chi connectivity index (χ4n) is 6.16. The number of piperidine rings is 1. The summed E-state index contributed by atoms with van der Waals surface area (Å²) in [5, 5.41) is 22.9. The number of likely N-dealkylation sites (tertiary alicyclic amines) is 1. The smallest absolute Gasteiger partial charge is 0.251 e. The molecule has 3 aliphatic rings. The molecule has 3 fully saturated rings. The molecule has 2 N–H and O–H groups in total. The molecule has 4 heterocycles. The van der Waals surface area contributed by atoms with E-state index >= 15 is 0 Å². The molecule has 0 bridgehead atoms. The zero-order chi connectivity index (χ0) is 29.8. The fraction of sp³-hybridized carbons (Fsp3) is 0.469.